The molecule has 2 aromatic rings. The standard InChI is InChI=1S/C13H15BrN4O3/c1-18(6-11-15-7-16-17-11)13(19)9-4-8(20-2)5-10(14)12(9)21-3/h4-5,7H,6H2,1-3H3,(H,15,16,17). The van der Waals surface area contributed by atoms with Gasteiger partial charge in [-0.25, -0.2) is 4.98 Å². The lowest BCUT2D eigenvalue weighted by Gasteiger charge is -2.18. The van der Waals surface area contributed by atoms with Crippen LogP contribution in [-0.4, -0.2) is 47.3 Å². The Morgan fingerprint density at radius 3 is 2.71 bits per heavy atom. The lowest BCUT2D eigenvalue weighted by molar-refractivity contribution is 0.0777. The summed E-state index contributed by atoms with van der Waals surface area (Å²) < 4.78 is 11.1. The molecule has 0 aliphatic heterocycles. The number of nitrogens with zero attached hydrogens (tertiary/aromatic N) is 3. The Labute approximate surface area is 130 Å². The molecular weight excluding hydrogens is 340 g/mol. The normalized spacial score (nSPS) is 10.3. The van der Waals surface area contributed by atoms with Gasteiger partial charge in [-0.1, -0.05) is 0 Å². The van der Waals surface area contributed by atoms with Crippen LogP contribution >= 0.6 is 15.9 Å². The predicted molar refractivity (Wildman–Crippen MR) is 79.4 cm³/mol. The summed E-state index contributed by atoms with van der Waals surface area (Å²) in [6.07, 6.45) is 1.40. The van der Waals surface area contributed by atoms with Crippen molar-refractivity contribution in [3.05, 3.63) is 34.3 Å². The first-order valence-corrected chi connectivity index (χ1v) is 6.87. The van der Waals surface area contributed by atoms with Crippen molar-refractivity contribution in [2.45, 2.75) is 6.54 Å². The highest BCUT2D eigenvalue weighted by Gasteiger charge is 2.21. The van der Waals surface area contributed by atoms with Gasteiger partial charge in [0.05, 0.1) is 30.8 Å². The van der Waals surface area contributed by atoms with E-state index in [9.17, 15) is 4.79 Å². The number of nitrogens with one attached hydrogen (secondary N) is 1. The SMILES string of the molecule is COc1cc(Br)c(OC)c(C(=O)N(C)Cc2ncn[nH]2)c1. The van der Waals surface area contributed by atoms with E-state index in [4.69, 9.17) is 9.47 Å². The molecule has 112 valence electrons. The molecule has 0 fully saturated rings. The second-order valence-corrected chi connectivity index (χ2v) is 5.14. The van der Waals surface area contributed by atoms with Crippen LogP contribution in [0.15, 0.2) is 22.9 Å². The molecule has 1 aromatic carbocycles. The zero-order valence-electron chi connectivity index (χ0n) is 11.9. The summed E-state index contributed by atoms with van der Waals surface area (Å²) in [5.41, 5.74) is 0.408. The summed E-state index contributed by atoms with van der Waals surface area (Å²) in [6.45, 7) is 0.316. The van der Waals surface area contributed by atoms with Gasteiger partial charge in [0, 0.05) is 7.05 Å². The first kappa shape index (κ1) is 15.3. The fraction of sp³-hybridized carbons (Fsp3) is 0.308. The maximum atomic E-state index is 12.6. The number of methoxy groups -OCH3 is 2. The largest absolute Gasteiger partial charge is 0.497 e. The van der Waals surface area contributed by atoms with E-state index < -0.39 is 0 Å². The van der Waals surface area contributed by atoms with Gasteiger partial charge in [0.1, 0.15) is 23.7 Å². The van der Waals surface area contributed by atoms with Gasteiger partial charge in [-0.2, -0.15) is 5.10 Å². The van der Waals surface area contributed by atoms with Crippen LogP contribution in [0.25, 0.3) is 0 Å². The van der Waals surface area contributed by atoms with Crippen molar-refractivity contribution in [3.63, 3.8) is 0 Å². The molecule has 0 aliphatic carbocycles. The van der Waals surface area contributed by atoms with Crippen LogP contribution in [0.3, 0.4) is 0 Å². The summed E-state index contributed by atoms with van der Waals surface area (Å²) in [5.74, 6) is 1.43. The second kappa shape index (κ2) is 6.57. The van der Waals surface area contributed by atoms with Crippen molar-refractivity contribution in [3.8, 4) is 11.5 Å². The van der Waals surface area contributed by atoms with Gasteiger partial charge in [-0.15, -0.1) is 0 Å². The van der Waals surface area contributed by atoms with E-state index in [0.717, 1.165) is 0 Å². The molecule has 2 rings (SSSR count). The predicted octanol–water partition coefficient (Wildman–Crippen LogP) is 1.86. The van der Waals surface area contributed by atoms with Crippen LogP contribution in [0.4, 0.5) is 0 Å². The van der Waals surface area contributed by atoms with Crippen LogP contribution in [0.5, 0.6) is 11.5 Å². The van der Waals surface area contributed by atoms with Gasteiger partial charge in [-0.3, -0.25) is 9.89 Å². The molecule has 0 radical (unpaired) electrons. The third-order valence-electron chi connectivity index (χ3n) is 2.89. The smallest absolute Gasteiger partial charge is 0.257 e. The number of aromatic nitrogens is 3. The highest BCUT2D eigenvalue weighted by molar-refractivity contribution is 9.10. The number of halogens is 1. The third-order valence-corrected chi connectivity index (χ3v) is 3.47. The average molecular weight is 355 g/mol. The van der Waals surface area contributed by atoms with Gasteiger partial charge in [0.15, 0.2) is 0 Å². The summed E-state index contributed by atoms with van der Waals surface area (Å²) in [7, 11) is 4.73. The molecule has 1 aromatic heterocycles. The Kier molecular flexibility index (Phi) is 4.79. The lowest BCUT2D eigenvalue weighted by Crippen LogP contribution is -2.27. The minimum Gasteiger partial charge on any atom is -0.497 e. The van der Waals surface area contributed by atoms with Gasteiger partial charge >= 0.3 is 0 Å². The second-order valence-electron chi connectivity index (χ2n) is 4.28. The topological polar surface area (TPSA) is 80.3 Å². The number of benzene rings is 1. The molecule has 0 saturated heterocycles. The molecule has 0 bridgehead atoms. The van der Waals surface area contributed by atoms with E-state index in [2.05, 4.69) is 31.1 Å². The highest BCUT2D eigenvalue weighted by atomic mass is 79.9. The van der Waals surface area contributed by atoms with Crippen LogP contribution < -0.4 is 9.47 Å². The fourth-order valence-electron chi connectivity index (χ4n) is 1.86. The summed E-state index contributed by atoms with van der Waals surface area (Å²) in [6, 6.07) is 3.38. The number of amides is 1. The minimum absolute atomic E-state index is 0.206. The Balaban J connectivity index is 2.30. The molecule has 0 aliphatic rings. The molecule has 1 N–H and O–H groups in total. The number of hydrogen-bond donors (Lipinski definition) is 1. The van der Waals surface area contributed by atoms with E-state index >= 15 is 0 Å². The average Bonchev–Trinajstić information content (AvgIpc) is 2.98. The molecule has 0 spiro atoms. The maximum Gasteiger partial charge on any atom is 0.257 e. The van der Waals surface area contributed by atoms with E-state index in [1.165, 1.54) is 18.3 Å². The van der Waals surface area contributed by atoms with E-state index in [1.807, 2.05) is 0 Å². The zero-order chi connectivity index (χ0) is 15.4. The van der Waals surface area contributed by atoms with Crippen LogP contribution in [-0.2, 0) is 6.54 Å². The molecule has 0 saturated carbocycles. The molecule has 0 unspecified atom stereocenters. The Bertz CT molecular complexity index is 631. The molecule has 0 atom stereocenters. The van der Waals surface area contributed by atoms with Crippen molar-refractivity contribution in [1.82, 2.24) is 20.1 Å². The van der Waals surface area contributed by atoms with E-state index in [1.54, 1.807) is 26.3 Å². The van der Waals surface area contributed by atoms with Crippen LogP contribution in [0.2, 0.25) is 0 Å². The van der Waals surface area contributed by atoms with E-state index in [-0.39, 0.29) is 5.91 Å². The van der Waals surface area contributed by atoms with Gasteiger partial charge in [0.2, 0.25) is 0 Å². The first-order valence-electron chi connectivity index (χ1n) is 6.08. The molecule has 21 heavy (non-hydrogen) atoms. The maximum absolute atomic E-state index is 12.6. The number of rotatable bonds is 5. The zero-order valence-corrected chi connectivity index (χ0v) is 13.5. The monoisotopic (exact) mass is 354 g/mol. The molecule has 7 nitrogen and oxygen atoms in total. The summed E-state index contributed by atoms with van der Waals surface area (Å²) in [5, 5.41) is 6.47. The number of hydrogen-bond acceptors (Lipinski definition) is 5. The van der Waals surface area contributed by atoms with Crippen molar-refractivity contribution in [2.75, 3.05) is 21.3 Å². The Morgan fingerprint density at radius 2 is 2.14 bits per heavy atom. The van der Waals surface area contributed by atoms with Gasteiger partial charge < -0.3 is 14.4 Å². The fourth-order valence-corrected chi connectivity index (χ4v) is 2.46. The highest BCUT2D eigenvalue weighted by Crippen LogP contribution is 2.34. The minimum atomic E-state index is -0.206. The summed E-state index contributed by atoms with van der Waals surface area (Å²) >= 11 is 3.37. The van der Waals surface area contributed by atoms with Crippen LogP contribution in [0, 0.1) is 0 Å². The summed E-state index contributed by atoms with van der Waals surface area (Å²) in [4.78, 5) is 18.1. The van der Waals surface area contributed by atoms with Crippen molar-refractivity contribution >= 4 is 21.8 Å². The number of aromatic amines is 1. The Hall–Kier alpha value is -2.09. The van der Waals surface area contributed by atoms with Crippen LogP contribution in [0.1, 0.15) is 16.2 Å². The van der Waals surface area contributed by atoms with E-state index in [0.29, 0.717) is 33.9 Å². The first-order chi connectivity index (χ1) is 10.1. The Morgan fingerprint density at radius 1 is 1.38 bits per heavy atom. The number of carbonyl (C=O) groups is 1. The quantitative estimate of drug-likeness (QED) is 0.886. The number of carbonyl (C=O) groups excluding carboxylic acids is 1. The van der Waals surface area contributed by atoms with Crippen molar-refractivity contribution in [2.24, 2.45) is 0 Å². The number of ether oxygens (including phenoxy) is 2. The third kappa shape index (κ3) is 3.33. The lowest BCUT2D eigenvalue weighted by atomic mass is 10.1. The molecule has 8 heteroatoms. The van der Waals surface area contributed by atoms with Crippen molar-refractivity contribution < 1.29 is 14.3 Å². The molecule has 1 amide bonds. The molecule has 1 heterocycles. The van der Waals surface area contributed by atoms with Gasteiger partial charge in [0.25, 0.3) is 5.91 Å². The molecular formula is C13H15BrN4O3. The van der Waals surface area contributed by atoms with Crippen molar-refractivity contribution in [1.29, 1.82) is 0 Å². The van der Waals surface area contributed by atoms with Gasteiger partial charge in [-0.05, 0) is 28.1 Å². The number of H-pyrrole nitrogens is 1.